The number of rotatable bonds is 2. The molecule has 0 bridgehead atoms. The van der Waals surface area contributed by atoms with Crippen LogP contribution in [0.15, 0.2) is 30.3 Å². The van der Waals surface area contributed by atoms with Crippen molar-refractivity contribution in [3.63, 3.8) is 0 Å². The lowest BCUT2D eigenvalue weighted by Crippen LogP contribution is -2.60. The van der Waals surface area contributed by atoms with E-state index < -0.39 is 17.3 Å². The molecular formula is C22H24F3N3O. The highest BCUT2D eigenvalue weighted by Gasteiger charge is 2.51. The van der Waals surface area contributed by atoms with Crippen LogP contribution in [0.25, 0.3) is 11.1 Å². The smallest absolute Gasteiger partial charge is 0.417 e. The van der Waals surface area contributed by atoms with Crippen LogP contribution in [0.1, 0.15) is 29.5 Å². The van der Waals surface area contributed by atoms with Gasteiger partial charge in [0.15, 0.2) is 0 Å². The van der Waals surface area contributed by atoms with Crippen LogP contribution in [0, 0.1) is 0 Å². The van der Waals surface area contributed by atoms with Crippen LogP contribution in [0.4, 0.5) is 18.9 Å². The first-order valence-corrected chi connectivity index (χ1v) is 10.0. The molecule has 4 nitrogen and oxygen atoms in total. The summed E-state index contributed by atoms with van der Waals surface area (Å²) in [5.74, 6) is 0.196. The zero-order valence-electron chi connectivity index (χ0n) is 16.3. The van der Waals surface area contributed by atoms with Gasteiger partial charge in [-0.1, -0.05) is 6.07 Å². The first-order chi connectivity index (χ1) is 13.8. The molecule has 1 saturated heterocycles. The van der Waals surface area contributed by atoms with Gasteiger partial charge in [-0.3, -0.25) is 0 Å². The van der Waals surface area contributed by atoms with Crippen molar-refractivity contribution in [3.8, 4) is 16.9 Å². The number of aryl methyl sites for hydroxylation is 1. The molecular weight excluding hydrogens is 379 g/mol. The number of hydrogen-bond acceptors (Lipinski definition) is 4. The van der Waals surface area contributed by atoms with E-state index in [1.54, 1.807) is 6.07 Å². The zero-order valence-corrected chi connectivity index (χ0v) is 16.3. The van der Waals surface area contributed by atoms with E-state index in [1.165, 1.54) is 13.2 Å². The first kappa shape index (κ1) is 18.8. The molecule has 3 N–H and O–H groups in total. The molecule has 2 aromatic rings. The number of alkyl halides is 3. The van der Waals surface area contributed by atoms with E-state index in [-0.39, 0.29) is 17.4 Å². The minimum atomic E-state index is -4.47. The van der Waals surface area contributed by atoms with Crippen molar-refractivity contribution in [2.75, 3.05) is 31.6 Å². The maximum Gasteiger partial charge on any atom is 0.417 e. The van der Waals surface area contributed by atoms with Gasteiger partial charge >= 0.3 is 6.18 Å². The fourth-order valence-corrected chi connectivity index (χ4v) is 5.35. The van der Waals surface area contributed by atoms with E-state index in [4.69, 9.17) is 10.5 Å². The second-order valence-corrected chi connectivity index (χ2v) is 8.26. The van der Waals surface area contributed by atoms with E-state index in [9.17, 15) is 13.2 Å². The van der Waals surface area contributed by atoms with Crippen LogP contribution in [0.3, 0.4) is 0 Å². The second-order valence-electron chi connectivity index (χ2n) is 8.26. The Balaban J connectivity index is 1.72. The zero-order chi connectivity index (χ0) is 20.4. The summed E-state index contributed by atoms with van der Waals surface area (Å²) in [6, 6.07) is 8.18. The average Bonchev–Trinajstić information content (AvgIpc) is 2.97. The summed E-state index contributed by atoms with van der Waals surface area (Å²) >= 11 is 0. The van der Waals surface area contributed by atoms with E-state index in [1.807, 2.05) is 12.1 Å². The summed E-state index contributed by atoms with van der Waals surface area (Å²) in [7, 11) is 1.37. The van der Waals surface area contributed by atoms with Crippen LogP contribution < -0.4 is 20.7 Å². The highest BCUT2D eigenvalue weighted by Crippen LogP contribution is 2.51. The number of benzene rings is 2. The van der Waals surface area contributed by atoms with Crippen LogP contribution in [0.5, 0.6) is 5.75 Å². The molecule has 0 amide bonds. The number of nitrogens with two attached hydrogens (primary N) is 1. The van der Waals surface area contributed by atoms with Gasteiger partial charge in [0.25, 0.3) is 0 Å². The van der Waals surface area contributed by atoms with Gasteiger partial charge in [0.2, 0.25) is 0 Å². The highest BCUT2D eigenvalue weighted by atomic mass is 19.4. The maximum atomic E-state index is 13.8. The fourth-order valence-electron chi connectivity index (χ4n) is 5.35. The van der Waals surface area contributed by atoms with Gasteiger partial charge in [-0.2, -0.15) is 13.2 Å². The number of anilines is 1. The number of nitrogens with one attached hydrogen (secondary N) is 1. The Kier molecular flexibility index (Phi) is 4.12. The monoisotopic (exact) mass is 403 g/mol. The average molecular weight is 403 g/mol. The van der Waals surface area contributed by atoms with Crippen molar-refractivity contribution in [2.24, 2.45) is 5.73 Å². The number of methoxy groups -OCH3 is 1. The third kappa shape index (κ3) is 2.74. The van der Waals surface area contributed by atoms with Gasteiger partial charge < -0.3 is 20.7 Å². The van der Waals surface area contributed by atoms with Crippen LogP contribution in [-0.2, 0) is 18.1 Å². The molecule has 0 unspecified atom stereocenters. The Labute approximate surface area is 167 Å². The molecule has 7 heteroatoms. The summed E-state index contributed by atoms with van der Waals surface area (Å²) in [5, 5.41) is 3.38. The van der Waals surface area contributed by atoms with Crippen molar-refractivity contribution in [2.45, 2.75) is 37.0 Å². The molecule has 5 rings (SSSR count). The maximum absolute atomic E-state index is 13.8. The number of fused-ring (bicyclic) bond motifs is 3. The van der Waals surface area contributed by atoms with E-state index in [2.05, 4.69) is 10.2 Å². The molecule has 29 heavy (non-hydrogen) atoms. The third-order valence-electron chi connectivity index (χ3n) is 6.65. The van der Waals surface area contributed by atoms with Crippen LogP contribution in [0.2, 0.25) is 0 Å². The predicted octanol–water partition coefficient (Wildman–Crippen LogP) is 3.66. The number of piperidine rings is 1. The SMILES string of the molecule is COc1ccc(-c2cc3c4c(c2)[C@]2(N)CNCC[C@@H]2N4CCC3)c(C(F)(F)F)c1. The molecule has 3 aliphatic heterocycles. The molecule has 154 valence electrons. The Bertz CT molecular complexity index is 975. The standard InChI is InChI=1S/C22H24F3N3O/c1-29-15-4-5-16(17(11-15)22(23,24)25)14-9-13-3-2-8-28-19-6-7-27-12-21(19,26)18(10-14)20(13)28/h4-5,9-11,19,27H,2-3,6-8,12,26H2,1H3/t19-,21+/m0/s1. The van der Waals surface area contributed by atoms with Crippen molar-refractivity contribution in [3.05, 3.63) is 47.0 Å². The fraction of sp³-hybridized carbons (Fsp3) is 0.455. The topological polar surface area (TPSA) is 50.5 Å². The minimum absolute atomic E-state index is 0.172. The molecule has 3 aliphatic rings. The second kappa shape index (κ2) is 6.37. The summed E-state index contributed by atoms with van der Waals surface area (Å²) < 4.78 is 46.5. The molecule has 0 spiro atoms. The Hall–Kier alpha value is -2.25. The van der Waals surface area contributed by atoms with Crippen molar-refractivity contribution in [1.29, 1.82) is 0 Å². The lowest BCUT2D eigenvalue weighted by Gasteiger charge is -2.41. The number of hydrogen-bond donors (Lipinski definition) is 2. The molecule has 0 radical (unpaired) electrons. The van der Waals surface area contributed by atoms with Gasteiger partial charge in [-0.05, 0) is 72.3 Å². The Morgan fingerprint density at radius 3 is 2.83 bits per heavy atom. The molecule has 2 aromatic carbocycles. The van der Waals surface area contributed by atoms with Gasteiger partial charge in [0.1, 0.15) is 5.75 Å². The predicted molar refractivity (Wildman–Crippen MR) is 106 cm³/mol. The molecule has 2 atom stereocenters. The van der Waals surface area contributed by atoms with Gasteiger partial charge in [-0.15, -0.1) is 0 Å². The van der Waals surface area contributed by atoms with E-state index >= 15 is 0 Å². The van der Waals surface area contributed by atoms with Crippen molar-refractivity contribution >= 4 is 5.69 Å². The number of halogens is 3. The van der Waals surface area contributed by atoms with Gasteiger partial charge in [-0.25, -0.2) is 0 Å². The molecule has 1 fully saturated rings. The third-order valence-corrected chi connectivity index (χ3v) is 6.65. The minimum Gasteiger partial charge on any atom is -0.497 e. The molecule has 0 saturated carbocycles. The lowest BCUT2D eigenvalue weighted by molar-refractivity contribution is -0.137. The summed E-state index contributed by atoms with van der Waals surface area (Å²) in [5.41, 5.74) is 9.63. The lowest BCUT2D eigenvalue weighted by atomic mass is 9.81. The normalized spacial score (nSPS) is 25.6. The van der Waals surface area contributed by atoms with Crippen molar-refractivity contribution < 1.29 is 17.9 Å². The van der Waals surface area contributed by atoms with Gasteiger partial charge in [0, 0.05) is 18.8 Å². The summed E-state index contributed by atoms with van der Waals surface area (Å²) in [6.07, 6.45) is -1.68. The van der Waals surface area contributed by atoms with Crippen LogP contribution in [-0.4, -0.2) is 32.8 Å². The molecule has 0 aromatic heterocycles. The summed E-state index contributed by atoms with van der Waals surface area (Å²) in [4.78, 5) is 2.40. The Morgan fingerprint density at radius 1 is 1.24 bits per heavy atom. The highest BCUT2D eigenvalue weighted by molar-refractivity contribution is 5.79. The van der Waals surface area contributed by atoms with Gasteiger partial charge in [0.05, 0.1) is 24.3 Å². The first-order valence-electron chi connectivity index (χ1n) is 10.0. The van der Waals surface area contributed by atoms with E-state index in [0.29, 0.717) is 12.1 Å². The quantitative estimate of drug-likeness (QED) is 0.804. The Morgan fingerprint density at radius 2 is 2.07 bits per heavy atom. The van der Waals surface area contributed by atoms with E-state index in [0.717, 1.165) is 55.2 Å². The van der Waals surface area contributed by atoms with Crippen LogP contribution >= 0.6 is 0 Å². The largest absolute Gasteiger partial charge is 0.497 e. The van der Waals surface area contributed by atoms with Crippen molar-refractivity contribution in [1.82, 2.24) is 5.32 Å². The number of nitrogens with zero attached hydrogens (tertiary/aromatic N) is 1. The summed E-state index contributed by atoms with van der Waals surface area (Å²) in [6.45, 7) is 2.51. The molecule has 0 aliphatic carbocycles. The molecule has 3 heterocycles. The number of ether oxygens (including phenoxy) is 1.